The smallest absolute Gasteiger partial charge is 0.0468 e. The van der Waals surface area contributed by atoms with Gasteiger partial charge in [-0.1, -0.05) is 158 Å². The van der Waals surface area contributed by atoms with Crippen molar-refractivity contribution in [2.24, 2.45) is 0 Å². The first kappa shape index (κ1) is 44.1. The van der Waals surface area contributed by atoms with E-state index in [4.69, 9.17) is 0 Å². The molecule has 0 bridgehead atoms. The number of nitrogens with zero attached hydrogens (tertiary/aromatic N) is 4. The van der Waals surface area contributed by atoms with Gasteiger partial charge in [0.1, 0.15) is 0 Å². The molecule has 13 aromatic rings. The van der Waals surface area contributed by atoms with Gasteiger partial charge in [0.2, 0.25) is 0 Å². The van der Waals surface area contributed by atoms with Crippen molar-refractivity contribution in [1.82, 2.24) is 0 Å². The average Bonchev–Trinajstić information content (AvgIpc) is 3.47. The molecule has 0 aliphatic heterocycles. The van der Waals surface area contributed by atoms with E-state index in [0.29, 0.717) is 0 Å². The van der Waals surface area contributed by atoms with Gasteiger partial charge >= 0.3 is 0 Å². The zero-order chi connectivity index (χ0) is 49.2. The normalized spacial score (nSPS) is 11.2. The van der Waals surface area contributed by atoms with Crippen molar-refractivity contribution in [2.45, 2.75) is 0 Å². The maximum atomic E-state index is 2.36. The maximum Gasteiger partial charge on any atom is 0.0468 e. The van der Waals surface area contributed by atoms with Crippen LogP contribution in [0, 0.1) is 0 Å². The van der Waals surface area contributed by atoms with Gasteiger partial charge in [0.25, 0.3) is 0 Å². The Kier molecular flexibility index (Phi) is 11.5. The summed E-state index contributed by atoms with van der Waals surface area (Å²) >= 11 is 0. The maximum absolute atomic E-state index is 2.36. The van der Waals surface area contributed by atoms with Gasteiger partial charge in [-0.25, -0.2) is 0 Å². The summed E-state index contributed by atoms with van der Waals surface area (Å²) in [6.45, 7) is 0. The number of rotatable bonds is 12. The van der Waals surface area contributed by atoms with Gasteiger partial charge < -0.3 is 19.6 Å². The minimum Gasteiger partial charge on any atom is -0.310 e. The summed E-state index contributed by atoms with van der Waals surface area (Å²) in [5, 5.41) is 9.64. The molecule has 0 aliphatic carbocycles. The lowest BCUT2D eigenvalue weighted by molar-refractivity contribution is 1.24. The van der Waals surface area contributed by atoms with E-state index in [9.17, 15) is 0 Å². The van der Waals surface area contributed by atoms with Crippen LogP contribution in [0.15, 0.2) is 303 Å². The fraction of sp³-hybridized carbons (Fsp3) is 0. The number of benzene rings is 13. The first-order chi connectivity index (χ1) is 36.7. The van der Waals surface area contributed by atoms with Crippen LogP contribution < -0.4 is 19.6 Å². The monoisotopic (exact) mass is 946 g/mol. The molecule has 0 unspecified atom stereocenters. The number of para-hydroxylation sites is 2. The van der Waals surface area contributed by atoms with Gasteiger partial charge in [-0.05, 0) is 189 Å². The largest absolute Gasteiger partial charge is 0.310 e. The summed E-state index contributed by atoms with van der Waals surface area (Å²) in [7, 11) is 0. The lowest BCUT2D eigenvalue weighted by Crippen LogP contribution is -2.13. The van der Waals surface area contributed by atoms with Crippen LogP contribution in [0.3, 0.4) is 0 Å². The Morgan fingerprint density at radius 1 is 0.122 bits per heavy atom. The Balaban J connectivity index is 0.897. The van der Waals surface area contributed by atoms with Crippen molar-refractivity contribution >= 4 is 111 Å². The van der Waals surface area contributed by atoms with E-state index in [0.717, 1.165) is 68.2 Å². The van der Waals surface area contributed by atoms with Crippen molar-refractivity contribution in [1.29, 1.82) is 0 Å². The molecule has 350 valence electrons. The third-order valence-electron chi connectivity index (χ3n) is 14.1. The minimum atomic E-state index is 1.05. The fourth-order valence-electron chi connectivity index (χ4n) is 10.5. The zero-order valence-electron chi connectivity index (χ0n) is 40.7. The molecular weight excluding hydrogens is 897 g/mol. The lowest BCUT2D eigenvalue weighted by Gasteiger charge is -2.30. The molecule has 0 aliphatic rings. The Morgan fingerprint density at radius 2 is 0.284 bits per heavy atom. The van der Waals surface area contributed by atoms with Crippen LogP contribution in [0.4, 0.5) is 68.2 Å². The number of fused-ring (bicyclic) bond motifs is 4. The van der Waals surface area contributed by atoms with Gasteiger partial charge in [-0.2, -0.15) is 0 Å². The van der Waals surface area contributed by atoms with E-state index in [2.05, 4.69) is 323 Å². The van der Waals surface area contributed by atoms with Crippen molar-refractivity contribution in [3.63, 3.8) is 0 Å². The second kappa shape index (κ2) is 19.4. The van der Waals surface area contributed by atoms with E-state index in [1.165, 1.54) is 43.1 Å². The molecule has 13 rings (SSSR count). The second-order valence-corrected chi connectivity index (χ2v) is 18.7. The van der Waals surface area contributed by atoms with E-state index in [1.54, 1.807) is 0 Å². The zero-order valence-corrected chi connectivity index (χ0v) is 40.7. The van der Waals surface area contributed by atoms with Crippen molar-refractivity contribution < 1.29 is 0 Å². The Hall–Kier alpha value is -9.90. The highest BCUT2D eigenvalue weighted by Gasteiger charge is 2.20. The van der Waals surface area contributed by atoms with Gasteiger partial charge in [-0.15, -0.1) is 0 Å². The summed E-state index contributed by atoms with van der Waals surface area (Å²) in [6, 6.07) is 109. The molecule has 4 heteroatoms. The summed E-state index contributed by atoms with van der Waals surface area (Å²) < 4.78 is 0. The van der Waals surface area contributed by atoms with Crippen LogP contribution in [0.25, 0.3) is 43.1 Å². The number of hydrogen-bond acceptors (Lipinski definition) is 4. The number of hydrogen-bond donors (Lipinski definition) is 0. The Bertz CT molecular complexity index is 3810. The molecule has 4 nitrogen and oxygen atoms in total. The molecule has 0 saturated carbocycles. The number of anilines is 12. The topological polar surface area (TPSA) is 13.0 Å². The van der Waals surface area contributed by atoms with Crippen LogP contribution in [0.1, 0.15) is 0 Å². The standard InChI is InChI=1S/C70H50N4/c1-3-23-59(24-4-1)71(67-31-27-51-15-7-11-19-55(51)47-67)61-35-39-63(40-36-61)73(69-33-29-53-17-9-13-21-57(53)49-69)65-43-45-66(46-44-65)74(70-34-30-54-18-10-14-22-58(54)50-70)64-41-37-62(38-42-64)72(60-25-5-2-6-26-60)68-32-28-52-16-8-12-20-56(52)48-68/h1-50H. The van der Waals surface area contributed by atoms with Gasteiger partial charge in [0.05, 0.1) is 0 Å². The van der Waals surface area contributed by atoms with E-state index in [1.807, 2.05) is 0 Å². The summed E-state index contributed by atoms with van der Waals surface area (Å²) in [5.41, 5.74) is 12.9. The van der Waals surface area contributed by atoms with Crippen LogP contribution in [0.5, 0.6) is 0 Å². The molecule has 74 heavy (non-hydrogen) atoms. The molecule has 0 atom stereocenters. The Morgan fingerprint density at radius 3 is 0.500 bits per heavy atom. The Labute approximate surface area is 432 Å². The van der Waals surface area contributed by atoms with Crippen LogP contribution in [0.2, 0.25) is 0 Å². The molecule has 13 aromatic carbocycles. The van der Waals surface area contributed by atoms with Crippen molar-refractivity contribution in [2.75, 3.05) is 19.6 Å². The SMILES string of the molecule is c1ccc(N(c2ccc(N(c3ccc(N(c4ccc(N(c5ccccc5)c5ccc6ccccc6c5)cc4)c4ccc5ccccc5c4)cc3)c3ccc4ccccc4c3)cc2)c2ccc3ccccc3c2)cc1. The minimum absolute atomic E-state index is 1.05. The van der Waals surface area contributed by atoms with E-state index in [-0.39, 0.29) is 0 Å². The highest BCUT2D eigenvalue weighted by atomic mass is 15.2. The molecule has 0 amide bonds. The van der Waals surface area contributed by atoms with Gasteiger partial charge in [-0.3, -0.25) is 0 Å². The van der Waals surface area contributed by atoms with Gasteiger partial charge in [0, 0.05) is 68.2 Å². The predicted molar refractivity (Wildman–Crippen MR) is 315 cm³/mol. The molecule has 0 heterocycles. The summed E-state index contributed by atoms with van der Waals surface area (Å²) in [4.78, 5) is 9.40. The van der Waals surface area contributed by atoms with Crippen LogP contribution in [-0.2, 0) is 0 Å². The van der Waals surface area contributed by atoms with Crippen LogP contribution in [-0.4, -0.2) is 0 Å². The third-order valence-corrected chi connectivity index (χ3v) is 14.1. The third kappa shape index (κ3) is 8.61. The summed E-state index contributed by atoms with van der Waals surface area (Å²) in [6.07, 6.45) is 0. The molecule has 0 aromatic heterocycles. The van der Waals surface area contributed by atoms with E-state index >= 15 is 0 Å². The second-order valence-electron chi connectivity index (χ2n) is 18.7. The highest BCUT2D eigenvalue weighted by molar-refractivity contribution is 5.94. The fourth-order valence-corrected chi connectivity index (χ4v) is 10.5. The predicted octanol–water partition coefficient (Wildman–Crippen LogP) is 20.2. The van der Waals surface area contributed by atoms with E-state index < -0.39 is 0 Å². The molecule has 0 saturated heterocycles. The molecule has 0 N–H and O–H groups in total. The molecule has 0 radical (unpaired) electrons. The highest BCUT2D eigenvalue weighted by Crippen LogP contribution is 2.44. The first-order valence-corrected chi connectivity index (χ1v) is 25.2. The van der Waals surface area contributed by atoms with Gasteiger partial charge in [0.15, 0.2) is 0 Å². The molecule has 0 fully saturated rings. The van der Waals surface area contributed by atoms with Crippen molar-refractivity contribution in [3.05, 3.63) is 303 Å². The van der Waals surface area contributed by atoms with Crippen molar-refractivity contribution in [3.8, 4) is 0 Å². The average molecular weight is 947 g/mol. The quantitative estimate of drug-likeness (QED) is 0.121. The lowest BCUT2D eigenvalue weighted by atomic mass is 10.1. The molecular formula is C70H50N4. The molecule has 0 spiro atoms. The first-order valence-electron chi connectivity index (χ1n) is 25.2. The summed E-state index contributed by atoms with van der Waals surface area (Å²) in [5.74, 6) is 0. The van der Waals surface area contributed by atoms with Crippen LogP contribution >= 0.6 is 0 Å².